The summed E-state index contributed by atoms with van der Waals surface area (Å²) in [5, 5.41) is 0.631. The van der Waals surface area contributed by atoms with E-state index in [2.05, 4.69) is 15.0 Å². The molecule has 0 aliphatic heterocycles. The van der Waals surface area contributed by atoms with Crippen molar-refractivity contribution in [2.45, 2.75) is 0 Å². The number of nitrogens with zero attached hydrogens (tertiary/aromatic N) is 4. The summed E-state index contributed by atoms with van der Waals surface area (Å²) < 4.78 is 7.12. The van der Waals surface area contributed by atoms with Gasteiger partial charge in [-0.05, 0) is 24.3 Å². The third kappa shape index (κ3) is 2.03. The molecule has 8 heteroatoms. The lowest BCUT2D eigenvalue weighted by molar-refractivity contribution is 0.414. The number of ether oxygens (including phenoxy) is 1. The molecule has 0 radical (unpaired) electrons. The number of thiophene rings is 1. The van der Waals surface area contributed by atoms with E-state index in [9.17, 15) is 4.79 Å². The molecule has 0 atom stereocenters. The second kappa shape index (κ2) is 5.03. The first-order valence-corrected chi connectivity index (χ1v) is 7.55. The maximum Gasteiger partial charge on any atom is 0.275 e. The van der Waals surface area contributed by atoms with Crippen LogP contribution < -0.4 is 16.0 Å². The standard InChI is InChI=1S/C15H11N5O2S/c1-22-9-4-2-8(3-5-9)20-7-19-11-10-13(16)17-6-18-14(10)23-12(11)15(20)21/h2-7H,1H3,(H2,16,17,18). The SMILES string of the molecule is COc1ccc(-n2cnc3c(sc4ncnc(N)c43)c2=O)cc1. The minimum absolute atomic E-state index is 0.164. The number of nitrogens with two attached hydrogens (primary N) is 1. The fourth-order valence-electron chi connectivity index (χ4n) is 2.41. The van der Waals surface area contributed by atoms with E-state index in [1.807, 2.05) is 0 Å². The fourth-order valence-corrected chi connectivity index (χ4v) is 3.45. The van der Waals surface area contributed by atoms with Gasteiger partial charge in [-0.15, -0.1) is 11.3 Å². The van der Waals surface area contributed by atoms with Crippen molar-refractivity contribution >= 4 is 37.6 Å². The molecule has 0 amide bonds. The largest absolute Gasteiger partial charge is 0.497 e. The number of aromatic nitrogens is 4. The highest BCUT2D eigenvalue weighted by atomic mass is 32.1. The fraction of sp³-hybridized carbons (Fsp3) is 0.0667. The molecule has 3 heterocycles. The van der Waals surface area contributed by atoms with Gasteiger partial charge in [-0.25, -0.2) is 15.0 Å². The summed E-state index contributed by atoms with van der Waals surface area (Å²) in [5.41, 5.74) is 6.98. The summed E-state index contributed by atoms with van der Waals surface area (Å²) >= 11 is 1.27. The zero-order valence-corrected chi connectivity index (χ0v) is 12.9. The van der Waals surface area contributed by atoms with Crippen LogP contribution in [0.4, 0.5) is 5.82 Å². The van der Waals surface area contributed by atoms with Gasteiger partial charge in [0.25, 0.3) is 5.56 Å². The minimum atomic E-state index is -0.164. The highest BCUT2D eigenvalue weighted by Gasteiger charge is 2.15. The van der Waals surface area contributed by atoms with Crippen LogP contribution in [0.1, 0.15) is 0 Å². The molecular formula is C15H11N5O2S. The van der Waals surface area contributed by atoms with E-state index in [0.29, 0.717) is 31.9 Å². The summed E-state index contributed by atoms with van der Waals surface area (Å²) in [4.78, 5) is 26.0. The summed E-state index contributed by atoms with van der Waals surface area (Å²) in [6, 6.07) is 7.19. The molecule has 0 unspecified atom stereocenters. The lowest BCUT2D eigenvalue weighted by Crippen LogP contribution is -2.17. The molecule has 2 N–H and O–H groups in total. The first kappa shape index (κ1) is 13.6. The zero-order valence-electron chi connectivity index (χ0n) is 12.1. The molecular weight excluding hydrogens is 314 g/mol. The Morgan fingerprint density at radius 2 is 1.96 bits per heavy atom. The van der Waals surface area contributed by atoms with Crippen molar-refractivity contribution in [3.63, 3.8) is 0 Å². The van der Waals surface area contributed by atoms with Gasteiger partial charge in [0.1, 0.15) is 39.3 Å². The van der Waals surface area contributed by atoms with Crippen LogP contribution in [0.2, 0.25) is 0 Å². The Morgan fingerprint density at radius 1 is 1.17 bits per heavy atom. The van der Waals surface area contributed by atoms with Gasteiger partial charge >= 0.3 is 0 Å². The normalized spacial score (nSPS) is 11.2. The average molecular weight is 325 g/mol. The van der Waals surface area contributed by atoms with Gasteiger partial charge in [-0.2, -0.15) is 0 Å². The Bertz CT molecular complexity index is 1080. The Kier molecular flexibility index (Phi) is 2.98. The molecule has 3 aromatic heterocycles. The summed E-state index contributed by atoms with van der Waals surface area (Å²) in [6.07, 6.45) is 2.88. The van der Waals surface area contributed by atoms with Crippen LogP contribution in [0, 0.1) is 0 Å². The average Bonchev–Trinajstić information content (AvgIpc) is 2.96. The summed E-state index contributed by atoms with van der Waals surface area (Å²) in [6.45, 7) is 0. The van der Waals surface area contributed by atoms with E-state index in [0.717, 1.165) is 5.75 Å². The second-order valence-corrected chi connectivity index (χ2v) is 5.84. The number of hydrogen-bond acceptors (Lipinski definition) is 7. The number of nitrogen functional groups attached to an aromatic ring is 1. The number of rotatable bonds is 2. The first-order valence-electron chi connectivity index (χ1n) is 6.74. The molecule has 0 aliphatic rings. The van der Waals surface area contributed by atoms with Gasteiger partial charge in [-0.3, -0.25) is 9.36 Å². The molecule has 0 saturated heterocycles. The van der Waals surface area contributed by atoms with E-state index in [4.69, 9.17) is 10.5 Å². The Hall–Kier alpha value is -3.00. The van der Waals surface area contributed by atoms with Gasteiger partial charge in [-0.1, -0.05) is 0 Å². The molecule has 23 heavy (non-hydrogen) atoms. The summed E-state index contributed by atoms with van der Waals surface area (Å²) in [7, 11) is 1.59. The molecule has 0 saturated carbocycles. The molecule has 0 aliphatic carbocycles. The predicted molar refractivity (Wildman–Crippen MR) is 89.3 cm³/mol. The van der Waals surface area contributed by atoms with Crippen LogP contribution in [-0.2, 0) is 0 Å². The van der Waals surface area contributed by atoms with Crippen LogP contribution in [-0.4, -0.2) is 26.6 Å². The van der Waals surface area contributed by atoms with Crippen molar-refractivity contribution < 1.29 is 4.74 Å². The summed E-state index contributed by atoms with van der Waals surface area (Å²) in [5.74, 6) is 1.05. The quantitative estimate of drug-likeness (QED) is 0.605. The van der Waals surface area contributed by atoms with Crippen LogP contribution in [0.15, 0.2) is 41.7 Å². The van der Waals surface area contributed by atoms with E-state index >= 15 is 0 Å². The van der Waals surface area contributed by atoms with Crippen LogP contribution in [0.25, 0.3) is 26.1 Å². The van der Waals surface area contributed by atoms with E-state index < -0.39 is 0 Å². The lowest BCUT2D eigenvalue weighted by Gasteiger charge is -2.06. The maximum absolute atomic E-state index is 12.8. The van der Waals surface area contributed by atoms with Crippen LogP contribution >= 0.6 is 11.3 Å². The van der Waals surface area contributed by atoms with Crippen molar-refractivity contribution in [1.82, 2.24) is 19.5 Å². The van der Waals surface area contributed by atoms with Crippen molar-refractivity contribution in [3.05, 3.63) is 47.3 Å². The number of benzene rings is 1. The Morgan fingerprint density at radius 3 is 2.70 bits per heavy atom. The van der Waals surface area contributed by atoms with Gasteiger partial charge < -0.3 is 10.5 Å². The molecule has 1 aromatic carbocycles. The number of fused-ring (bicyclic) bond motifs is 3. The van der Waals surface area contributed by atoms with Crippen molar-refractivity contribution in [1.29, 1.82) is 0 Å². The third-order valence-corrected chi connectivity index (χ3v) is 4.63. The Labute approximate surface area is 134 Å². The molecule has 0 bridgehead atoms. The number of hydrogen-bond donors (Lipinski definition) is 1. The third-order valence-electron chi connectivity index (χ3n) is 3.56. The molecule has 114 valence electrons. The van der Waals surface area contributed by atoms with Gasteiger partial charge in [0.15, 0.2) is 0 Å². The smallest absolute Gasteiger partial charge is 0.275 e. The van der Waals surface area contributed by atoms with E-state index in [1.165, 1.54) is 28.6 Å². The van der Waals surface area contributed by atoms with Crippen molar-refractivity contribution in [2.24, 2.45) is 0 Å². The minimum Gasteiger partial charge on any atom is -0.497 e. The van der Waals surface area contributed by atoms with Crippen LogP contribution in [0.5, 0.6) is 5.75 Å². The molecule has 4 aromatic rings. The van der Waals surface area contributed by atoms with Crippen molar-refractivity contribution in [3.8, 4) is 11.4 Å². The Balaban J connectivity index is 1.99. The number of anilines is 1. The predicted octanol–water partition coefficient (Wildman–Crippen LogP) is 1.98. The molecule has 0 spiro atoms. The maximum atomic E-state index is 12.8. The van der Waals surface area contributed by atoms with Crippen LogP contribution in [0.3, 0.4) is 0 Å². The molecule has 0 fully saturated rings. The topological polar surface area (TPSA) is 95.9 Å². The zero-order chi connectivity index (χ0) is 16.0. The first-order chi connectivity index (χ1) is 11.2. The lowest BCUT2D eigenvalue weighted by atomic mass is 10.3. The second-order valence-electron chi connectivity index (χ2n) is 4.84. The number of methoxy groups -OCH3 is 1. The van der Waals surface area contributed by atoms with E-state index in [-0.39, 0.29) is 5.56 Å². The molecule has 7 nitrogen and oxygen atoms in total. The van der Waals surface area contributed by atoms with Crippen molar-refractivity contribution in [2.75, 3.05) is 12.8 Å². The molecule has 4 rings (SSSR count). The highest BCUT2D eigenvalue weighted by Crippen LogP contribution is 2.31. The monoisotopic (exact) mass is 325 g/mol. The van der Waals surface area contributed by atoms with E-state index in [1.54, 1.807) is 31.4 Å². The highest BCUT2D eigenvalue weighted by molar-refractivity contribution is 7.25. The van der Waals surface area contributed by atoms with Gasteiger partial charge in [0.2, 0.25) is 0 Å². The van der Waals surface area contributed by atoms with Gasteiger partial charge in [0.05, 0.1) is 18.2 Å². The van der Waals surface area contributed by atoms with Gasteiger partial charge in [0, 0.05) is 0 Å².